The maximum Gasteiger partial charge on any atom is 0.337 e. The van der Waals surface area contributed by atoms with Gasteiger partial charge >= 0.3 is 17.9 Å². The van der Waals surface area contributed by atoms with Crippen LogP contribution in [-0.4, -0.2) is 76.6 Å². The highest BCUT2D eigenvalue weighted by atomic mass is 16.6. The van der Waals surface area contributed by atoms with Crippen LogP contribution in [0.4, 0.5) is 0 Å². The summed E-state index contributed by atoms with van der Waals surface area (Å²) >= 11 is 0. The van der Waals surface area contributed by atoms with Gasteiger partial charge in [-0.2, -0.15) is 0 Å². The van der Waals surface area contributed by atoms with Crippen LogP contribution in [0.25, 0.3) is 0 Å². The molecule has 0 aromatic carbocycles. The summed E-state index contributed by atoms with van der Waals surface area (Å²) in [6, 6.07) is 0. The van der Waals surface area contributed by atoms with E-state index in [1.54, 1.807) is 0 Å². The summed E-state index contributed by atoms with van der Waals surface area (Å²) in [6.07, 6.45) is 0.738. The minimum Gasteiger partial charge on any atom is -0.466 e. The second-order valence-corrected chi connectivity index (χ2v) is 14.8. The van der Waals surface area contributed by atoms with Gasteiger partial charge in [-0.1, -0.05) is 13.8 Å². The molecular formula is C33H38O10. The van der Waals surface area contributed by atoms with Crippen LogP contribution in [-0.2, 0) is 33.4 Å². The fraction of sp³-hybridized carbons (Fsp3) is 0.697. The number of fused-ring (bicyclic) bond motifs is 7. The summed E-state index contributed by atoms with van der Waals surface area (Å²) in [5, 5.41) is 35.0. The molecule has 0 bridgehead atoms. The van der Waals surface area contributed by atoms with E-state index in [1.165, 1.54) is 21.0 Å². The largest absolute Gasteiger partial charge is 0.466 e. The van der Waals surface area contributed by atoms with Crippen LogP contribution < -0.4 is 0 Å². The highest BCUT2D eigenvalue weighted by molar-refractivity contribution is 6.12. The lowest BCUT2D eigenvalue weighted by Crippen LogP contribution is -2.66. The number of carbonyl (C=O) groups is 4. The van der Waals surface area contributed by atoms with Crippen molar-refractivity contribution in [1.82, 2.24) is 0 Å². The predicted octanol–water partition coefficient (Wildman–Crippen LogP) is 1.56. The van der Waals surface area contributed by atoms with Gasteiger partial charge in [-0.3, -0.25) is 9.59 Å². The third-order valence-electron chi connectivity index (χ3n) is 13.6. The number of aliphatic hydroxyl groups is 3. The van der Waals surface area contributed by atoms with E-state index in [4.69, 9.17) is 14.2 Å². The van der Waals surface area contributed by atoms with Crippen molar-refractivity contribution in [3.63, 3.8) is 0 Å². The molecule has 8 rings (SSSR count). The predicted molar refractivity (Wildman–Crippen MR) is 146 cm³/mol. The van der Waals surface area contributed by atoms with Gasteiger partial charge in [-0.25, -0.2) is 9.59 Å². The van der Waals surface area contributed by atoms with E-state index < -0.39 is 58.4 Å². The van der Waals surface area contributed by atoms with Gasteiger partial charge in [0.25, 0.3) is 0 Å². The summed E-state index contributed by atoms with van der Waals surface area (Å²) in [6.45, 7) is 6.56. The van der Waals surface area contributed by atoms with Crippen LogP contribution in [0, 0.1) is 52.3 Å². The van der Waals surface area contributed by atoms with E-state index in [0.29, 0.717) is 35.5 Å². The summed E-state index contributed by atoms with van der Waals surface area (Å²) in [4.78, 5) is 52.9. The monoisotopic (exact) mass is 594 g/mol. The molecule has 10 heteroatoms. The van der Waals surface area contributed by atoms with Crippen molar-refractivity contribution in [3.05, 3.63) is 33.4 Å². The third kappa shape index (κ3) is 2.84. The number of ether oxygens (including phenoxy) is 3. The van der Waals surface area contributed by atoms with Crippen molar-refractivity contribution in [2.75, 3.05) is 20.3 Å². The van der Waals surface area contributed by atoms with E-state index in [1.807, 2.05) is 6.92 Å². The lowest BCUT2D eigenvalue weighted by Gasteiger charge is -2.63. The van der Waals surface area contributed by atoms with E-state index in [-0.39, 0.29) is 65.3 Å². The summed E-state index contributed by atoms with van der Waals surface area (Å²) in [5.74, 6) is -2.68. The topological polar surface area (TPSA) is 157 Å². The van der Waals surface area contributed by atoms with Gasteiger partial charge in [0, 0.05) is 35.0 Å². The highest BCUT2D eigenvalue weighted by Gasteiger charge is 2.84. The number of aliphatic hydroxyl groups excluding tert-OH is 2. The van der Waals surface area contributed by atoms with Crippen molar-refractivity contribution >= 4 is 23.7 Å². The first kappa shape index (κ1) is 27.7. The summed E-state index contributed by atoms with van der Waals surface area (Å²) < 4.78 is 17.1. The zero-order valence-corrected chi connectivity index (χ0v) is 25.1. The van der Waals surface area contributed by atoms with E-state index in [2.05, 4.69) is 6.92 Å². The van der Waals surface area contributed by atoms with Gasteiger partial charge in [0.1, 0.15) is 6.10 Å². The SMILES string of the molecule is COC(=O)/C(C)=C1\C(=O)[C@H](O)[C@]2(C)C3=C1[C@]14OC(=O)C(CO)=C1C[C@H]1[C@H](COC(C)=O)[C@H]5C[C@H]5[C@]1(C)[C@@H]4C[C@]3(O)[C@H]1C[C@H]12. The number of rotatable bonds is 4. The molecule has 1 aliphatic heterocycles. The average Bonchev–Trinajstić information content (AvgIpc) is 3.87. The number of esters is 3. The van der Waals surface area contributed by atoms with Gasteiger partial charge in [-0.15, -0.1) is 0 Å². The smallest absolute Gasteiger partial charge is 0.337 e. The number of Topliss-reactive ketones (excluding diaryl/α,β-unsaturated/α-hetero) is 1. The highest BCUT2D eigenvalue weighted by Crippen LogP contribution is 2.83. The molecular weight excluding hydrogens is 556 g/mol. The molecule has 12 atom stereocenters. The van der Waals surface area contributed by atoms with Crippen molar-refractivity contribution in [3.8, 4) is 0 Å². The molecule has 43 heavy (non-hydrogen) atoms. The van der Waals surface area contributed by atoms with Gasteiger partial charge < -0.3 is 29.5 Å². The number of hydrogen-bond acceptors (Lipinski definition) is 10. The Hall–Kier alpha value is -2.82. The van der Waals surface area contributed by atoms with Crippen molar-refractivity contribution in [2.24, 2.45) is 52.3 Å². The van der Waals surface area contributed by atoms with E-state index in [9.17, 15) is 34.5 Å². The molecule has 0 amide bonds. The summed E-state index contributed by atoms with van der Waals surface area (Å²) in [7, 11) is 1.22. The lowest BCUT2D eigenvalue weighted by atomic mass is 9.43. The van der Waals surface area contributed by atoms with Gasteiger partial charge in [0.05, 0.1) is 31.5 Å². The Labute approximate surface area is 249 Å². The first-order valence-corrected chi connectivity index (χ1v) is 15.4. The number of hydrogen-bond donors (Lipinski definition) is 3. The minimum atomic E-state index is -1.50. The van der Waals surface area contributed by atoms with Gasteiger partial charge in [0.15, 0.2) is 11.4 Å². The molecule has 3 N–H and O–H groups in total. The Bertz CT molecular complexity index is 1550. The Morgan fingerprint density at radius 3 is 2.44 bits per heavy atom. The van der Waals surface area contributed by atoms with Crippen molar-refractivity contribution in [1.29, 1.82) is 0 Å². The minimum absolute atomic E-state index is 0.0161. The third-order valence-corrected chi connectivity index (χ3v) is 13.6. The fourth-order valence-electron chi connectivity index (χ4n) is 11.8. The zero-order chi connectivity index (χ0) is 30.8. The first-order chi connectivity index (χ1) is 20.2. The molecule has 0 radical (unpaired) electrons. The Kier molecular flexibility index (Phi) is 5.19. The van der Waals surface area contributed by atoms with Crippen LogP contribution in [0.15, 0.2) is 33.4 Å². The standard InChI is InChI=1S/C33H38O10/c1-12(28(38)41-5)23-24-26-31(4,27(37)25(23)36)20-8-21(20)32(26,40)9-22-30(3)17-6-14(17)16(11-42-13(2)35)18(30)7-19-15(10-34)29(39)43-33(19,22)24/h14,16-18,20-22,27,34,37,40H,6-11H2,1-5H3/b23-12-/t14-,16-,17-,18+,20-,21+,22+,27+,30+,31+,32+,33+/m1/s1. The van der Waals surface area contributed by atoms with Crippen LogP contribution in [0.3, 0.4) is 0 Å². The van der Waals surface area contributed by atoms with Gasteiger partial charge in [0.2, 0.25) is 0 Å². The van der Waals surface area contributed by atoms with Crippen molar-refractivity contribution < 1.29 is 48.7 Å². The van der Waals surface area contributed by atoms with Crippen LogP contribution in [0.1, 0.15) is 53.4 Å². The second kappa shape index (κ2) is 8.06. The molecule has 7 aliphatic carbocycles. The Morgan fingerprint density at radius 1 is 1.07 bits per heavy atom. The quantitative estimate of drug-likeness (QED) is 0.248. The van der Waals surface area contributed by atoms with E-state index >= 15 is 0 Å². The van der Waals surface area contributed by atoms with Crippen LogP contribution in [0.5, 0.6) is 0 Å². The summed E-state index contributed by atoms with van der Waals surface area (Å²) in [5.41, 5.74) is -2.97. The molecule has 0 unspecified atom stereocenters. The maximum absolute atomic E-state index is 14.3. The second-order valence-electron chi connectivity index (χ2n) is 14.8. The number of carbonyl (C=O) groups excluding carboxylic acids is 4. The maximum atomic E-state index is 14.3. The number of ketones is 1. The van der Waals surface area contributed by atoms with Crippen LogP contribution in [0.2, 0.25) is 0 Å². The van der Waals surface area contributed by atoms with Crippen LogP contribution >= 0.6 is 0 Å². The number of methoxy groups -OCH3 is 1. The average molecular weight is 595 g/mol. The van der Waals surface area contributed by atoms with E-state index in [0.717, 1.165) is 6.42 Å². The molecule has 8 aliphatic rings. The molecule has 10 nitrogen and oxygen atoms in total. The molecule has 1 spiro atoms. The molecule has 5 saturated carbocycles. The zero-order valence-electron chi connectivity index (χ0n) is 25.1. The molecule has 1 heterocycles. The molecule has 0 aromatic rings. The Balaban J connectivity index is 1.45. The molecule has 0 saturated heterocycles. The van der Waals surface area contributed by atoms with Gasteiger partial charge in [-0.05, 0) is 84.7 Å². The lowest BCUT2D eigenvalue weighted by molar-refractivity contribution is -0.172. The molecule has 5 fully saturated rings. The first-order valence-electron chi connectivity index (χ1n) is 15.4. The Morgan fingerprint density at radius 2 is 1.79 bits per heavy atom. The molecule has 230 valence electrons. The normalized spacial score (nSPS) is 50.6. The molecule has 0 aromatic heterocycles. The van der Waals surface area contributed by atoms with Crippen molar-refractivity contribution in [2.45, 2.75) is 70.7 Å². The fourth-order valence-corrected chi connectivity index (χ4v) is 11.8.